The average molecular weight is 423 g/mol. The van der Waals surface area contributed by atoms with Gasteiger partial charge in [-0.3, -0.25) is 4.79 Å². The number of carbonyl (C=O) groups is 1. The maximum absolute atomic E-state index is 12.7. The molecule has 1 aliphatic rings. The Bertz CT molecular complexity index is 980. The van der Waals surface area contributed by atoms with Gasteiger partial charge in [0.15, 0.2) is 0 Å². The Hall–Kier alpha value is -1.90. The molecule has 152 valence electrons. The zero-order valence-electron chi connectivity index (χ0n) is 16.6. The number of anilines is 1. The van der Waals surface area contributed by atoms with Crippen LogP contribution in [-0.4, -0.2) is 39.3 Å². The number of fused-ring (bicyclic) bond motifs is 1. The van der Waals surface area contributed by atoms with Gasteiger partial charge < -0.3 is 10.1 Å². The second-order valence-electron chi connectivity index (χ2n) is 7.24. The molecule has 0 unspecified atom stereocenters. The van der Waals surface area contributed by atoms with E-state index in [9.17, 15) is 13.2 Å². The highest BCUT2D eigenvalue weighted by Gasteiger charge is 2.24. The fraction of sp³-hybridized carbons (Fsp3) is 0.450. The number of aryl methyl sites for hydroxylation is 1. The number of rotatable bonds is 6. The Labute approximate surface area is 170 Å². The lowest BCUT2D eigenvalue weighted by Gasteiger charge is -2.16. The molecule has 1 N–H and O–H groups in total. The zero-order chi connectivity index (χ0) is 20.5. The van der Waals surface area contributed by atoms with E-state index in [1.54, 1.807) is 19.1 Å². The number of hydrogen-bond donors (Lipinski definition) is 1. The van der Waals surface area contributed by atoms with Crippen molar-refractivity contribution in [1.29, 1.82) is 0 Å². The first-order chi connectivity index (χ1) is 13.2. The van der Waals surface area contributed by atoms with Crippen LogP contribution in [0, 0.1) is 5.92 Å². The Morgan fingerprint density at radius 3 is 2.75 bits per heavy atom. The van der Waals surface area contributed by atoms with E-state index in [1.165, 1.54) is 41.9 Å². The van der Waals surface area contributed by atoms with Gasteiger partial charge in [-0.25, -0.2) is 12.7 Å². The van der Waals surface area contributed by atoms with Crippen molar-refractivity contribution in [2.45, 2.75) is 38.0 Å². The molecule has 6 nitrogen and oxygen atoms in total. The lowest BCUT2D eigenvalue weighted by molar-refractivity contribution is 0.103. The maximum Gasteiger partial charge on any atom is 0.265 e. The average Bonchev–Trinajstić information content (AvgIpc) is 3.06. The molecule has 1 aromatic heterocycles. The van der Waals surface area contributed by atoms with Crippen molar-refractivity contribution in [3.05, 3.63) is 39.6 Å². The number of carbonyl (C=O) groups excluding carboxylic acids is 1. The highest BCUT2D eigenvalue weighted by molar-refractivity contribution is 7.89. The van der Waals surface area contributed by atoms with Crippen LogP contribution in [0.25, 0.3) is 0 Å². The van der Waals surface area contributed by atoms with Crippen LogP contribution in [0.3, 0.4) is 0 Å². The number of nitrogens with zero attached hydrogens (tertiary/aromatic N) is 1. The molecule has 1 aromatic carbocycles. The van der Waals surface area contributed by atoms with E-state index in [0.29, 0.717) is 23.1 Å². The van der Waals surface area contributed by atoms with Gasteiger partial charge in [0.1, 0.15) is 10.6 Å². The third kappa shape index (κ3) is 4.24. The van der Waals surface area contributed by atoms with Crippen molar-refractivity contribution in [2.24, 2.45) is 5.92 Å². The van der Waals surface area contributed by atoms with E-state index >= 15 is 0 Å². The van der Waals surface area contributed by atoms with Gasteiger partial charge in [0.2, 0.25) is 10.0 Å². The molecule has 0 aliphatic heterocycles. The predicted octanol–water partition coefficient (Wildman–Crippen LogP) is 3.77. The third-order valence-corrected chi connectivity index (χ3v) is 7.89. The van der Waals surface area contributed by atoms with Gasteiger partial charge >= 0.3 is 0 Å². The number of sulfonamides is 1. The molecule has 1 amide bonds. The monoisotopic (exact) mass is 422 g/mol. The van der Waals surface area contributed by atoms with Crippen LogP contribution < -0.4 is 10.1 Å². The molecule has 28 heavy (non-hydrogen) atoms. The van der Waals surface area contributed by atoms with Crippen molar-refractivity contribution in [2.75, 3.05) is 26.0 Å². The largest absolute Gasteiger partial charge is 0.492 e. The number of hydrogen-bond acceptors (Lipinski definition) is 5. The second kappa shape index (κ2) is 8.23. The van der Waals surface area contributed by atoms with Crippen molar-refractivity contribution >= 4 is 33.0 Å². The quantitative estimate of drug-likeness (QED) is 0.769. The highest BCUT2D eigenvalue weighted by Crippen LogP contribution is 2.33. The van der Waals surface area contributed by atoms with Gasteiger partial charge in [-0.15, -0.1) is 11.3 Å². The van der Waals surface area contributed by atoms with E-state index in [4.69, 9.17) is 4.74 Å². The van der Waals surface area contributed by atoms with Crippen LogP contribution in [0.2, 0.25) is 0 Å². The topological polar surface area (TPSA) is 75.7 Å². The molecule has 8 heteroatoms. The van der Waals surface area contributed by atoms with E-state index in [0.717, 1.165) is 23.6 Å². The summed E-state index contributed by atoms with van der Waals surface area (Å²) >= 11 is 1.53. The molecule has 3 rings (SSSR count). The first-order valence-electron chi connectivity index (χ1n) is 9.34. The summed E-state index contributed by atoms with van der Waals surface area (Å²) in [5.74, 6) is 0.696. The van der Waals surface area contributed by atoms with E-state index in [-0.39, 0.29) is 16.6 Å². The first kappa shape index (κ1) is 20.8. The number of benzene rings is 1. The molecule has 1 atom stereocenters. The van der Waals surface area contributed by atoms with Gasteiger partial charge in [-0.05, 0) is 61.9 Å². The summed E-state index contributed by atoms with van der Waals surface area (Å²) in [7, 11) is -0.770. The van der Waals surface area contributed by atoms with E-state index in [2.05, 4.69) is 12.2 Å². The van der Waals surface area contributed by atoms with Crippen LogP contribution in [0.15, 0.2) is 29.2 Å². The lowest BCUT2D eigenvalue weighted by atomic mass is 9.90. The Balaban J connectivity index is 1.87. The summed E-state index contributed by atoms with van der Waals surface area (Å²) in [4.78, 5) is 14.7. The molecule has 0 saturated carbocycles. The second-order valence-corrected chi connectivity index (χ2v) is 10.5. The molecule has 0 fully saturated rings. The van der Waals surface area contributed by atoms with Crippen LogP contribution in [0.1, 0.15) is 40.4 Å². The summed E-state index contributed by atoms with van der Waals surface area (Å²) in [5, 5.41) is 2.83. The van der Waals surface area contributed by atoms with Gasteiger partial charge in [0.25, 0.3) is 5.91 Å². The number of thiophene rings is 1. The molecule has 0 bridgehead atoms. The minimum Gasteiger partial charge on any atom is -0.492 e. The molecule has 0 radical (unpaired) electrons. The predicted molar refractivity (Wildman–Crippen MR) is 112 cm³/mol. The molecular weight excluding hydrogens is 396 g/mol. The highest BCUT2D eigenvalue weighted by atomic mass is 32.2. The molecule has 0 spiro atoms. The number of nitrogens with one attached hydrogen (secondary N) is 1. The van der Waals surface area contributed by atoms with Crippen molar-refractivity contribution in [3.8, 4) is 5.75 Å². The molecule has 1 heterocycles. The minimum absolute atomic E-state index is 0.0384. The fourth-order valence-corrected chi connectivity index (χ4v) is 5.42. The van der Waals surface area contributed by atoms with Gasteiger partial charge in [-0.2, -0.15) is 0 Å². The van der Waals surface area contributed by atoms with E-state index < -0.39 is 10.0 Å². The van der Waals surface area contributed by atoms with E-state index in [1.807, 2.05) is 6.07 Å². The van der Waals surface area contributed by atoms with Gasteiger partial charge in [0.05, 0.1) is 11.5 Å². The fourth-order valence-electron chi connectivity index (χ4n) is 3.27. The summed E-state index contributed by atoms with van der Waals surface area (Å²) in [6.07, 6.45) is 3.18. The third-order valence-electron chi connectivity index (χ3n) is 4.81. The molecular formula is C20H26N2O4S2. The van der Waals surface area contributed by atoms with Crippen molar-refractivity contribution < 1.29 is 17.9 Å². The smallest absolute Gasteiger partial charge is 0.265 e. The standard InChI is InChI=1S/C20H26N2O4S2/c1-5-26-16-8-7-15(12-19(16)28(24,25)22(3)4)21-20(23)18-11-14-10-13(2)6-9-17(14)27-18/h7-8,11-13H,5-6,9-10H2,1-4H3,(H,21,23)/t13-/m0/s1. The summed E-state index contributed by atoms with van der Waals surface area (Å²) < 4.78 is 31.9. The molecule has 0 saturated heterocycles. The maximum atomic E-state index is 12.7. The van der Waals surface area contributed by atoms with Crippen LogP contribution in [0.5, 0.6) is 5.75 Å². The number of ether oxygens (including phenoxy) is 1. The van der Waals surface area contributed by atoms with Crippen LogP contribution in [0.4, 0.5) is 5.69 Å². The van der Waals surface area contributed by atoms with Crippen molar-refractivity contribution in [3.63, 3.8) is 0 Å². The molecule has 2 aromatic rings. The number of amides is 1. The Kier molecular flexibility index (Phi) is 6.12. The molecule has 1 aliphatic carbocycles. The summed E-state index contributed by atoms with van der Waals surface area (Å²) in [6, 6.07) is 6.66. The van der Waals surface area contributed by atoms with Gasteiger partial charge in [0, 0.05) is 24.7 Å². The Morgan fingerprint density at radius 2 is 2.07 bits per heavy atom. The van der Waals surface area contributed by atoms with Gasteiger partial charge in [-0.1, -0.05) is 6.92 Å². The van der Waals surface area contributed by atoms with Crippen LogP contribution >= 0.6 is 11.3 Å². The SMILES string of the molecule is CCOc1ccc(NC(=O)c2cc3c(s2)CC[C@H](C)C3)cc1S(=O)(=O)N(C)C. The summed E-state index contributed by atoms with van der Waals surface area (Å²) in [6.45, 7) is 4.37. The van der Waals surface area contributed by atoms with Crippen LogP contribution in [-0.2, 0) is 22.9 Å². The van der Waals surface area contributed by atoms with Crippen molar-refractivity contribution in [1.82, 2.24) is 4.31 Å². The lowest BCUT2D eigenvalue weighted by Crippen LogP contribution is -2.23. The minimum atomic E-state index is -3.70. The summed E-state index contributed by atoms with van der Waals surface area (Å²) in [5.41, 5.74) is 1.69. The zero-order valence-corrected chi connectivity index (χ0v) is 18.2. The normalized spacial score (nSPS) is 16.7. The first-order valence-corrected chi connectivity index (χ1v) is 11.6. The Morgan fingerprint density at radius 1 is 1.32 bits per heavy atom.